The van der Waals surface area contributed by atoms with Crippen LogP contribution in [0.15, 0.2) is 12.1 Å². The van der Waals surface area contributed by atoms with E-state index in [2.05, 4.69) is 60.0 Å². The second-order valence-electron chi connectivity index (χ2n) is 6.56. The van der Waals surface area contributed by atoms with Gasteiger partial charge in [-0.15, -0.1) is 5.10 Å². The van der Waals surface area contributed by atoms with Gasteiger partial charge in [-0.05, 0) is 45.7 Å². The summed E-state index contributed by atoms with van der Waals surface area (Å²) in [5, 5.41) is 8.64. The first-order valence-corrected chi connectivity index (χ1v) is 8.88. The monoisotopic (exact) mass is 354 g/mol. The van der Waals surface area contributed by atoms with Gasteiger partial charge in [-0.1, -0.05) is 22.9 Å². The summed E-state index contributed by atoms with van der Waals surface area (Å²) in [4.78, 5) is 11.5. The number of ether oxygens (including phenoxy) is 1. The Morgan fingerprint density at radius 2 is 1.77 bits per heavy atom. The highest BCUT2D eigenvalue weighted by Gasteiger charge is 2.21. The maximum atomic E-state index is 5.16. The quantitative estimate of drug-likeness (QED) is 0.677. The van der Waals surface area contributed by atoms with Crippen molar-refractivity contribution in [2.45, 2.75) is 41.2 Å². The number of anilines is 2. The molecule has 0 unspecified atom stereocenters. The summed E-state index contributed by atoms with van der Waals surface area (Å²) in [6.07, 6.45) is 0. The fourth-order valence-corrected chi connectivity index (χ4v) is 3.48. The second kappa shape index (κ2) is 7.37. The molecule has 0 aliphatic heterocycles. The van der Waals surface area contributed by atoms with Gasteiger partial charge < -0.3 is 9.64 Å². The molecule has 2 heterocycles. The number of fused-ring (bicyclic) bond motifs is 1. The van der Waals surface area contributed by atoms with Gasteiger partial charge in [0.05, 0.1) is 13.2 Å². The normalized spacial score (nSPS) is 11.3. The minimum Gasteiger partial charge on any atom is -0.383 e. The van der Waals surface area contributed by atoms with E-state index in [1.165, 1.54) is 22.4 Å². The lowest BCUT2D eigenvalue weighted by Gasteiger charge is -2.26. The molecule has 3 aromatic rings. The van der Waals surface area contributed by atoms with Gasteiger partial charge in [-0.3, -0.25) is 0 Å². The summed E-state index contributed by atoms with van der Waals surface area (Å²) in [5.41, 5.74) is 6.33. The molecule has 0 spiro atoms. The predicted molar refractivity (Wildman–Crippen MR) is 103 cm³/mol. The Bertz CT molecular complexity index is 910. The highest BCUT2D eigenvalue weighted by atomic mass is 16.5. The molecular formula is C19H26N6O. The van der Waals surface area contributed by atoms with Crippen LogP contribution < -0.4 is 4.90 Å². The number of hydrogen-bond donors (Lipinski definition) is 0. The molecule has 138 valence electrons. The first-order valence-electron chi connectivity index (χ1n) is 8.88. The molecule has 7 heteroatoms. The second-order valence-corrected chi connectivity index (χ2v) is 6.56. The van der Waals surface area contributed by atoms with Crippen molar-refractivity contribution in [1.29, 1.82) is 0 Å². The Labute approximate surface area is 154 Å². The van der Waals surface area contributed by atoms with Crippen molar-refractivity contribution in [2.75, 3.05) is 25.2 Å². The van der Waals surface area contributed by atoms with E-state index in [1.54, 1.807) is 11.8 Å². The molecule has 2 aromatic heterocycles. The Morgan fingerprint density at radius 1 is 1.08 bits per heavy atom. The van der Waals surface area contributed by atoms with E-state index >= 15 is 0 Å². The average Bonchev–Trinajstić information content (AvgIpc) is 2.98. The molecule has 0 bridgehead atoms. The molecule has 0 radical (unpaired) electrons. The highest BCUT2D eigenvalue weighted by molar-refractivity contribution is 5.87. The van der Waals surface area contributed by atoms with Crippen LogP contribution in [0, 0.1) is 27.7 Å². The molecule has 0 fully saturated rings. The third-order valence-electron chi connectivity index (χ3n) is 4.44. The summed E-state index contributed by atoms with van der Waals surface area (Å²) in [5.74, 6) is 1.50. The maximum Gasteiger partial charge on any atom is 0.184 e. The van der Waals surface area contributed by atoms with Crippen LogP contribution in [0.25, 0.3) is 11.2 Å². The van der Waals surface area contributed by atoms with Crippen molar-refractivity contribution in [3.8, 4) is 0 Å². The number of aryl methyl sites for hydroxylation is 4. The van der Waals surface area contributed by atoms with E-state index in [0.717, 1.165) is 18.0 Å². The minimum absolute atomic E-state index is 0.560. The topological polar surface area (TPSA) is 69.0 Å². The van der Waals surface area contributed by atoms with Crippen molar-refractivity contribution < 1.29 is 4.74 Å². The van der Waals surface area contributed by atoms with Crippen LogP contribution in [0.2, 0.25) is 0 Å². The molecule has 1 aromatic carbocycles. The molecule has 0 N–H and O–H groups in total. The largest absolute Gasteiger partial charge is 0.383 e. The van der Waals surface area contributed by atoms with E-state index < -0.39 is 0 Å². The highest BCUT2D eigenvalue weighted by Crippen LogP contribution is 2.34. The van der Waals surface area contributed by atoms with Crippen molar-refractivity contribution in [2.24, 2.45) is 0 Å². The van der Waals surface area contributed by atoms with Crippen LogP contribution in [0.1, 0.15) is 29.4 Å². The number of rotatable bonds is 6. The fraction of sp³-hybridized carbons (Fsp3) is 0.474. The van der Waals surface area contributed by atoms with Gasteiger partial charge in [0.1, 0.15) is 5.82 Å². The molecule has 0 aliphatic rings. The van der Waals surface area contributed by atoms with Crippen LogP contribution in [0.4, 0.5) is 11.5 Å². The van der Waals surface area contributed by atoms with Crippen molar-refractivity contribution in [3.05, 3.63) is 34.6 Å². The zero-order valence-electron chi connectivity index (χ0n) is 16.4. The Kier molecular flexibility index (Phi) is 5.18. The lowest BCUT2D eigenvalue weighted by atomic mass is 10.0. The van der Waals surface area contributed by atoms with Gasteiger partial charge >= 0.3 is 0 Å². The lowest BCUT2D eigenvalue weighted by molar-refractivity contribution is 0.184. The molecular weight excluding hydrogens is 328 g/mol. The maximum absolute atomic E-state index is 5.16. The summed E-state index contributed by atoms with van der Waals surface area (Å²) in [7, 11) is 1.67. The summed E-state index contributed by atoms with van der Waals surface area (Å²) in [6, 6.07) is 4.40. The lowest BCUT2D eigenvalue weighted by Crippen LogP contribution is -2.21. The van der Waals surface area contributed by atoms with Crippen LogP contribution in [0.5, 0.6) is 0 Å². The summed E-state index contributed by atoms with van der Waals surface area (Å²) >= 11 is 0. The molecule has 3 rings (SSSR count). The molecule has 26 heavy (non-hydrogen) atoms. The van der Waals surface area contributed by atoms with Crippen LogP contribution in [-0.2, 0) is 11.3 Å². The van der Waals surface area contributed by atoms with Gasteiger partial charge in [0.15, 0.2) is 17.0 Å². The molecule has 0 saturated carbocycles. The SMILES string of the molecule is CCN(c1c(C)cc(C)cc1C)c1nc(C)nc2c1nnn2CCOC. The Balaban J connectivity index is 2.18. The van der Waals surface area contributed by atoms with Crippen molar-refractivity contribution in [1.82, 2.24) is 25.0 Å². The smallest absolute Gasteiger partial charge is 0.184 e. The molecule has 0 atom stereocenters. The van der Waals surface area contributed by atoms with Gasteiger partial charge in [0, 0.05) is 19.3 Å². The minimum atomic E-state index is 0.560. The molecule has 0 amide bonds. The van der Waals surface area contributed by atoms with Crippen molar-refractivity contribution in [3.63, 3.8) is 0 Å². The number of benzene rings is 1. The number of methoxy groups -OCH3 is 1. The first-order chi connectivity index (χ1) is 12.5. The number of nitrogens with zero attached hydrogens (tertiary/aromatic N) is 6. The third kappa shape index (κ3) is 3.26. The summed E-state index contributed by atoms with van der Waals surface area (Å²) in [6.45, 7) is 12.4. The van der Waals surface area contributed by atoms with Crippen LogP contribution in [0.3, 0.4) is 0 Å². The predicted octanol–water partition coefficient (Wildman–Crippen LogP) is 3.26. The molecule has 0 saturated heterocycles. The molecule has 0 aliphatic carbocycles. The van der Waals surface area contributed by atoms with Crippen LogP contribution in [-0.4, -0.2) is 45.2 Å². The van der Waals surface area contributed by atoms with Gasteiger partial charge in [0.2, 0.25) is 0 Å². The van der Waals surface area contributed by atoms with Gasteiger partial charge in [-0.25, -0.2) is 14.6 Å². The fourth-order valence-electron chi connectivity index (χ4n) is 3.48. The first kappa shape index (κ1) is 18.3. The average molecular weight is 354 g/mol. The molecule has 7 nitrogen and oxygen atoms in total. The Hall–Kier alpha value is -2.54. The Morgan fingerprint density at radius 3 is 2.38 bits per heavy atom. The van der Waals surface area contributed by atoms with Gasteiger partial charge in [-0.2, -0.15) is 0 Å². The number of hydrogen-bond acceptors (Lipinski definition) is 6. The van der Waals surface area contributed by atoms with Gasteiger partial charge in [0.25, 0.3) is 0 Å². The van der Waals surface area contributed by atoms with E-state index in [0.29, 0.717) is 24.5 Å². The third-order valence-corrected chi connectivity index (χ3v) is 4.44. The number of aromatic nitrogens is 5. The van der Waals surface area contributed by atoms with E-state index in [-0.39, 0.29) is 0 Å². The standard InChI is InChI=1S/C19H26N6O/c1-7-24(17-13(3)10-12(2)11-14(17)4)18-16-19(21-15(5)20-18)25(23-22-16)8-9-26-6/h10-11H,7-9H2,1-6H3. The zero-order valence-corrected chi connectivity index (χ0v) is 16.4. The van der Waals surface area contributed by atoms with E-state index in [9.17, 15) is 0 Å². The summed E-state index contributed by atoms with van der Waals surface area (Å²) < 4.78 is 6.94. The van der Waals surface area contributed by atoms with E-state index in [4.69, 9.17) is 9.72 Å². The zero-order chi connectivity index (χ0) is 18.8. The van der Waals surface area contributed by atoms with Crippen LogP contribution >= 0.6 is 0 Å². The van der Waals surface area contributed by atoms with E-state index in [1.807, 2.05) is 6.92 Å². The van der Waals surface area contributed by atoms with Crippen molar-refractivity contribution >= 4 is 22.7 Å².